The first-order valence-corrected chi connectivity index (χ1v) is 9.03. The molecule has 0 aromatic heterocycles. The number of ether oxygens (including phenoxy) is 1. The third kappa shape index (κ3) is 3.77. The maximum absolute atomic E-state index is 12.2. The Morgan fingerprint density at radius 2 is 1.86 bits per heavy atom. The first-order chi connectivity index (χ1) is 9.50. The van der Waals surface area contributed by atoms with Crippen molar-refractivity contribution in [1.29, 1.82) is 0 Å². The predicted molar refractivity (Wildman–Crippen MR) is 81.7 cm³/mol. The Labute approximate surface area is 130 Å². The van der Waals surface area contributed by atoms with E-state index < -0.39 is 21.4 Å². The average molecular weight is 331 g/mol. The Balaban J connectivity index is 2.52. The molecule has 1 aliphatic rings. The third-order valence-corrected chi connectivity index (χ3v) is 4.71. The third-order valence-electron chi connectivity index (χ3n) is 3.14. The molecule has 0 saturated heterocycles. The minimum Gasteiger partial charge on any atom is -0.456 e. The van der Waals surface area contributed by atoms with Gasteiger partial charge in [-0.2, -0.15) is 0 Å². The number of esters is 1. The number of carbonyl (C=O) groups excluding carboxylic acids is 1. The molecule has 0 amide bonds. The maximum atomic E-state index is 12.2. The van der Waals surface area contributed by atoms with Gasteiger partial charge in [-0.3, -0.25) is 0 Å². The second-order valence-corrected chi connectivity index (χ2v) is 8.75. The highest BCUT2D eigenvalue weighted by molar-refractivity contribution is 7.90. The Kier molecular flexibility index (Phi) is 4.10. The summed E-state index contributed by atoms with van der Waals surface area (Å²) < 4.78 is 29.1. The van der Waals surface area contributed by atoms with Gasteiger partial charge in [-0.15, -0.1) is 0 Å². The minimum absolute atomic E-state index is 0.115. The number of hydrogen-bond acceptors (Lipinski definition) is 4. The van der Waals surface area contributed by atoms with Gasteiger partial charge in [0.1, 0.15) is 5.60 Å². The van der Waals surface area contributed by atoms with Crippen LogP contribution in [0.3, 0.4) is 0 Å². The molecule has 1 aromatic carbocycles. The van der Waals surface area contributed by atoms with E-state index in [-0.39, 0.29) is 21.4 Å². The van der Waals surface area contributed by atoms with Gasteiger partial charge in [0.05, 0.1) is 15.5 Å². The van der Waals surface area contributed by atoms with E-state index in [9.17, 15) is 13.2 Å². The van der Waals surface area contributed by atoms with E-state index in [1.54, 1.807) is 20.8 Å². The van der Waals surface area contributed by atoms with Crippen LogP contribution in [0, 0.1) is 0 Å². The Morgan fingerprint density at radius 3 is 2.29 bits per heavy atom. The summed E-state index contributed by atoms with van der Waals surface area (Å²) in [6, 6.07) is 2.88. The van der Waals surface area contributed by atoms with Crippen LogP contribution in [0.2, 0.25) is 5.02 Å². The monoisotopic (exact) mass is 330 g/mol. The van der Waals surface area contributed by atoms with Crippen molar-refractivity contribution in [2.45, 2.75) is 50.0 Å². The largest absolute Gasteiger partial charge is 0.456 e. The van der Waals surface area contributed by atoms with Crippen LogP contribution in [0.15, 0.2) is 17.0 Å². The zero-order valence-electron chi connectivity index (χ0n) is 12.6. The first-order valence-electron chi connectivity index (χ1n) is 6.76. The highest BCUT2D eigenvalue weighted by atomic mass is 35.5. The van der Waals surface area contributed by atoms with E-state index in [2.05, 4.69) is 0 Å². The zero-order valence-corrected chi connectivity index (χ0v) is 14.1. The number of rotatable bonds is 3. The highest BCUT2D eigenvalue weighted by Gasteiger charge is 2.34. The Hall–Kier alpha value is -1.07. The molecule has 1 aromatic rings. The van der Waals surface area contributed by atoms with Crippen molar-refractivity contribution in [2.75, 3.05) is 6.26 Å². The van der Waals surface area contributed by atoms with Gasteiger partial charge in [0, 0.05) is 6.26 Å². The summed E-state index contributed by atoms with van der Waals surface area (Å²) in [5.41, 5.74) is 0.152. The molecule has 21 heavy (non-hydrogen) atoms. The second kappa shape index (κ2) is 5.29. The lowest BCUT2D eigenvalue weighted by Gasteiger charge is -2.21. The van der Waals surface area contributed by atoms with Crippen LogP contribution in [0.1, 0.15) is 55.5 Å². The maximum Gasteiger partial charge on any atom is 0.340 e. The van der Waals surface area contributed by atoms with E-state index in [1.165, 1.54) is 12.1 Å². The van der Waals surface area contributed by atoms with Crippen LogP contribution in [0.25, 0.3) is 0 Å². The molecule has 0 spiro atoms. The molecule has 6 heteroatoms. The zero-order chi connectivity index (χ0) is 16.0. The predicted octanol–water partition coefficient (Wildman–Crippen LogP) is 3.58. The summed E-state index contributed by atoms with van der Waals surface area (Å²) in [4.78, 5) is 12.4. The van der Waals surface area contributed by atoms with Gasteiger partial charge < -0.3 is 4.74 Å². The van der Waals surface area contributed by atoms with E-state index in [1.807, 2.05) is 0 Å². The van der Waals surface area contributed by atoms with Crippen molar-refractivity contribution >= 4 is 27.4 Å². The summed E-state index contributed by atoms with van der Waals surface area (Å²) in [7, 11) is -3.38. The van der Waals surface area contributed by atoms with Crippen LogP contribution < -0.4 is 0 Å². The van der Waals surface area contributed by atoms with Gasteiger partial charge in [0.25, 0.3) is 0 Å². The van der Waals surface area contributed by atoms with Gasteiger partial charge in [0.2, 0.25) is 0 Å². The van der Waals surface area contributed by atoms with Crippen LogP contribution in [0.4, 0.5) is 0 Å². The standard InChI is InChI=1S/C15H19ClO4S/c1-15(2,3)20-14(17)10-7-8-11(21(4,18)19)12(13(10)16)9-5-6-9/h7-9H,5-6H2,1-4H3. The molecule has 2 rings (SSSR count). The fraction of sp³-hybridized carbons (Fsp3) is 0.533. The molecule has 0 radical (unpaired) electrons. The van der Waals surface area contributed by atoms with Crippen molar-refractivity contribution in [3.63, 3.8) is 0 Å². The molecule has 0 aliphatic heterocycles. The van der Waals surface area contributed by atoms with Crippen molar-refractivity contribution in [1.82, 2.24) is 0 Å². The number of benzene rings is 1. The minimum atomic E-state index is -3.38. The molecule has 0 unspecified atom stereocenters. The summed E-state index contributed by atoms with van der Waals surface area (Å²) >= 11 is 6.31. The van der Waals surface area contributed by atoms with Gasteiger partial charge in [0.15, 0.2) is 9.84 Å². The molecular weight excluding hydrogens is 312 g/mol. The summed E-state index contributed by atoms with van der Waals surface area (Å²) in [6.45, 7) is 5.31. The Morgan fingerprint density at radius 1 is 1.29 bits per heavy atom. The Bertz CT molecular complexity index is 682. The molecule has 4 nitrogen and oxygen atoms in total. The number of halogens is 1. The lowest BCUT2D eigenvalue weighted by Crippen LogP contribution is -2.24. The first kappa shape index (κ1) is 16.3. The summed E-state index contributed by atoms with van der Waals surface area (Å²) in [5, 5.41) is 0.203. The molecule has 0 atom stereocenters. The van der Waals surface area contributed by atoms with Crippen molar-refractivity contribution in [3.8, 4) is 0 Å². The quantitative estimate of drug-likeness (QED) is 0.795. The van der Waals surface area contributed by atoms with Crippen LogP contribution in [-0.4, -0.2) is 26.2 Å². The second-order valence-electron chi connectivity index (χ2n) is 6.39. The lowest BCUT2D eigenvalue weighted by molar-refractivity contribution is 0.00695. The smallest absolute Gasteiger partial charge is 0.340 e. The van der Waals surface area contributed by atoms with Crippen molar-refractivity contribution in [3.05, 3.63) is 28.3 Å². The molecule has 116 valence electrons. The fourth-order valence-corrected chi connectivity index (χ4v) is 3.58. The molecule has 0 N–H and O–H groups in total. The van der Waals surface area contributed by atoms with E-state index in [0.717, 1.165) is 19.1 Å². The molecule has 0 heterocycles. The molecule has 0 bridgehead atoms. The molecule has 1 saturated carbocycles. The number of carbonyl (C=O) groups is 1. The molecule has 1 aliphatic carbocycles. The van der Waals surface area contributed by atoms with Gasteiger partial charge >= 0.3 is 5.97 Å². The SMILES string of the molecule is CC(C)(C)OC(=O)c1ccc(S(C)(=O)=O)c(C2CC2)c1Cl. The number of sulfone groups is 1. The number of hydrogen-bond donors (Lipinski definition) is 0. The van der Waals surface area contributed by atoms with E-state index >= 15 is 0 Å². The van der Waals surface area contributed by atoms with Crippen LogP contribution >= 0.6 is 11.6 Å². The topological polar surface area (TPSA) is 60.4 Å². The van der Waals surface area contributed by atoms with E-state index in [0.29, 0.717) is 5.56 Å². The molecule has 1 fully saturated rings. The summed E-state index contributed by atoms with van der Waals surface area (Å²) in [6.07, 6.45) is 2.93. The van der Waals surface area contributed by atoms with Gasteiger partial charge in [-0.1, -0.05) is 11.6 Å². The van der Waals surface area contributed by atoms with Crippen LogP contribution in [0.5, 0.6) is 0 Å². The molecular formula is C15H19ClO4S. The lowest BCUT2D eigenvalue weighted by atomic mass is 10.1. The van der Waals surface area contributed by atoms with E-state index in [4.69, 9.17) is 16.3 Å². The fourth-order valence-electron chi connectivity index (χ4n) is 2.14. The average Bonchev–Trinajstić information content (AvgIpc) is 3.08. The highest BCUT2D eigenvalue weighted by Crippen LogP contribution is 2.47. The van der Waals surface area contributed by atoms with Crippen LogP contribution in [-0.2, 0) is 14.6 Å². The van der Waals surface area contributed by atoms with Crippen molar-refractivity contribution < 1.29 is 17.9 Å². The summed E-state index contributed by atoms with van der Waals surface area (Å²) in [5.74, 6) is -0.418. The van der Waals surface area contributed by atoms with Crippen molar-refractivity contribution in [2.24, 2.45) is 0 Å². The van der Waals surface area contributed by atoms with Gasteiger partial charge in [-0.05, 0) is 57.2 Å². The van der Waals surface area contributed by atoms with Gasteiger partial charge in [-0.25, -0.2) is 13.2 Å². The normalized spacial score (nSPS) is 15.9.